The molecule has 0 spiro atoms. The Bertz CT molecular complexity index is 1120. The standard InChI is InChI=1S/C25H31F4N3O4S/c1-15-4-6-17(7-5-15)14-36-24-19(9-11-22(31-24)25(27,28)29)13-30-23(33)16(2)18-8-10-21(20(26)12-18)32(3)37(34)35/h8-12,15-17H,4-7,13-14H2,1-3H3,(H,30,33)(H,34,35). The summed E-state index contributed by atoms with van der Waals surface area (Å²) in [5.74, 6) is -1.38. The number of amides is 1. The number of carbonyl (C=O) groups excluding carboxylic acids is 1. The number of aromatic nitrogens is 1. The maximum Gasteiger partial charge on any atom is 0.433 e. The molecule has 1 aromatic carbocycles. The zero-order chi connectivity index (χ0) is 27.3. The molecule has 1 fully saturated rings. The van der Waals surface area contributed by atoms with Gasteiger partial charge in [-0.3, -0.25) is 13.7 Å². The number of nitrogens with zero attached hydrogens (tertiary/aromatic N) is 2. The highest BCUT2D eigenvalue weighted by atomic mass is 32.2. The number of hydrogen-bond donors (Lipinski definition) is 2. The Morgan fingerprint density at radius 3 is 2.51 bits per heavy atom. The minimum Gasteiger partial charge on any atom is -0.477 e. The van der Waals surface area contributed by atoms with Gasteiger partial charge >= 0.3 is 6.18 Å². The molecule has 0 radical (unpaired) electrons. The maximum absolute atomic E-state index is 14.4. The fourth-order valence-corrected chi connectivity index (χ4v) is 4.51. The minimum absolute atomic E-state index is 0.109. The van der Waals surface area contributed by atoms with Crippen LogP contribution in [-0.4, -0.2) is 33.3 Å². The second-order valence-electron chi connectivity index (χ2n) is 9.47. The molecule has 1 saturated carbocycles. The van der Waals surface area contributed by atoms with E-state index in [2.05, 4.69) is 17.2 Å². The Morgan fingerprint density at radius 2 is 1.92 bits per heavy atom. The molecule has 3 rings (SSSR count). The zero-order valence-corrected chi connectivity index (χ0v) is 21.7. The molecule has 1 aromatic heterocycles. The lowest BCUT2D eigenvalue weighted by atomic mass is 9.83. The first kappa shape index (κ1) is 28.8. The van der Waals surface area contributed by atoms with Crippen molar-refractivity contribution < 1.29 is 35.9 Å². The van der Waals surface area contributed by atoms with E-state index < -0.39 is 40.8 Å². The van der Waals surface area contributed by atoms with Gasteiger partial charge < -0.3 is 10.1 Å². The lowest BCUT2D eigenvalue weighted by Gasteiger charge is -2.26. The van der Waals surface area contributed by atoms with E-state index in [4.69, 9.17) is 9.29 Å². The van der Waals surface area contributed by atoms with Crippen molar-refractivity contribution >= 4 is 22.9 Å². The molecular weight excluding hydrogens is 514 g/mol. The smallest absolute Gasteiger partial charge is 0.433 e. The Labute approximate surface area is 216 Å². The van der Waals surface area contributed by atoms with Crippen LogP contribution < -0.4 is 14.4 Å². The van der Waals surface area contributed by atoms with Crippen LogP contribution in [0.25, 0.3) is 0 Å². The SMILES string of the molecule is CC1CCC(COc2nc(C(F)(F)F)ccc2CNC(=O)C(C)c2ccc(N(C)S(=O)O)c(F)c2)CC1. The van der Waals surface area contributed by atoms with Crippen molar-refractivity contribution in [1.82, 2.24) is 10.3 Å². The summed E-state index contributed by atoms with van der Waals surface area (Å²) in [6.45, 7) is 3.84. The summed E-state index contributed by atoms with van der Waals surface area (Å²) in [7, 11) is 1.25. The molecule has 0 bridgehead atoms. The van der Waals surface area contributed by atoms with Gasteiger partial charge in [0.05, 0.1) is 18.2 Å². The lowest BCUT2D eigenvalue weighted by Crippen LogP contribution is -2.28. The number of nitrogens with one attached hydrogen (secondary N) is 1. The Kier molecular flexibility index (Phi) is 9.51. The van der Waals surface area contributed by atoms with E-state index >= 15 is 0 Å². The van der Waals surface area contributed by atoms with Gasteiger partial charge in [0, 0.05) is 19.2 Å². The molecule has 204 valence electrons. The van der Waals surface area contributed by atoms with Crippen molar-refractivity contribution in [3.63, 3.8) is 0 Å². The van der Waals surface area contributed by atoms with Crippen LogP contribution in [-0.2, 0) is 28.8 Å². The van der Waals surface area contributed by atoms with E-state index in [1.54, 1.807) is 6.92 Å². The number of anilines is 1. The number of hydrogen-bond acceptors (Lipinski definition) is 4. The maximum atomic E-state index is 14.4. The molecule has 0 saturated heterocycles. The third-order valence-corrected chi connectivity index (χ3v) is 7.38. The number of ether oxygens (including phenoxy) is 1. The van der Waals surface area contributed by atoms with Crippen LogP contribution in [0.5, 0.6) is 5.88 Å². The predicted molar refractivity (Wildman–Crippen MR) is 132 cm³/mol. The number of halogens is 4. The van der Waals surface area contributed by atoms with Crippen molar-refractivity contribution in [1.29, 1.82) is 0 Å². The molecule has 1 heterocycles. The van der Waals surface area contributed by atoms with E-state index in [-0.39, 0.29) is 30.6 Å². The van der Waals surface area contributed by atoms with Crippen molar-refractivity contribution in [3.8, 4) is 5.88 Å². The van der Waals surface area contributed by atoms with Gasteiger partial charge in [-0.05, 0) is 61.4 Å². The van der Waals surface area contributed by atoms with E-state index in [9.17, 15) is 26.6 Å². The molecule has 1 aliphatic rings. The molecule has 2 aromatic rings. The number of carbonyl (C=O) groups is 1. The number of alkyl halides is 3. The van der Waals surface area contributed by atoms with Crippen LogP contribution in [0.1, 0.15) is 62.3 Å². The number of pyridine rings is 1. The summed E-state index contributed by atoms with van der Waals surface area (Å²) >= 11 is -2.41. The van der Waals surface area contributed by atoms with Crippen molar-refractivity contribution in [3.05, 3.63) is 53.0 Å². The van der Waals surface area contributed by atoms with Crippen LogP contribution in [0.15, 0.2) is 30.3 Å². The summed E-state index contributed by atoms with van der Waals surface area (Å²) in [4.78, 5) is 16.4. The van der Waals surface area contributed by atoms with Crippen LogP contribution in [0.4, 0.5) is 23.2 Å². The summed E-state index contributed by atoms with van der Waals surface area (Å²) in [5, 5.41) is 2.65. The van der Waals surface area contributed by atoms with Crippen molar-refractivity contribution in [2.24, 2.45) is 11.8 Å². The van der Waals surface area contributed by atoms with E-state index in [0.29, 0.717) is 17.0 Å². The van der Waals surface area contributed by atoms with Gasteiger partial charge in [-0.25, -0.2) is 13.6 Å². The summed E-state index contributed by atoms with van der Waals surface area (Å²) in [5.41, 5.74) is -0.564. The topological polar surface area (TPSA) is 91.8 Å². The first-order valence-corrected chi connectivity index (χ1v) is 13.0. The zero-order valence-electron chi connectivity index (χ0n) is 20.8. The first-order chi connectivity index (χ1) is 17.4. The largest absolute Gasteiger partial charge is 0.477 e. The van der Waals surface area contributed by atoms with Gasteiger partial charge in [0.25, 0.3) is 11.3 Å². The van der Waals surface area contributed by atoms with Gasteiger partial charge in [-0.1, -0.05) is 25.8 Å². The van der Waals surface area contributed by atoms with Crippen molar-refractivity contribution in [2.45, 2.75) is 58.2 Å². The minimum atomic E-state index is -4.64. The highest BCUT2D eigenvalue weighted by molar-refractivity contribution is 7.80. The molecule has 7 nitrogen and oxygen atoms in total. The van der Waals surface area contributed by atoms with E-state index in [1.165, 1.54) is 25.2 Å². The predicted octanol–water partition coefficient (Wildman–Crippen LogP) is 5.44. The summed E-state index contributed by atoms with van der Waals surface area (Å²) in [6, 6.07) is 5.93. The molecular formula is C25H31F4N3O4S. The van der Waals surface area contributed by atoms with Gasteiger partial charge in [0.2, 0.25) is 11.8 Å². The number of benzene rings is 1. The second kappa shape index (κ2) is 12.2. The molecule has 1 amide bonds. The Morgan fingerprint density at radius 1 is 1.24 bits per heavy atom. The second-order valence-corrected chi connectivity index (χ2v) is 10.5. The summed E-state index contributed by atoms with van der Waals surface area (Å²) < 4.78 is 81.1. The molecule has 2 N–H and O–H groups in total. The highest BCUT2D eigenvalue weighted by Crippen LogP contribution is 2.32. The fraction of sp³-hybridized carbons (Fsp3) is 0.520. The van der Waals surface area contributed by atoms with E-state index in [1.807, 2.05) is 0 Å². The molecule has 2 unspecified atom stereocenters. The average molecular weight is 546 g/mol. The molecule has 2 atom stereocenters. The van der Waals surface area contributed by atoms with Crippen LogP contribution >= 0.6 is 0 Å². The quantitative estimate of drug-likeness (QED) is 0.324. The fourth-order valence-electron chi connectivity index (χ4n) is 4.20. The third-order valence-electron chi connectivity index (χ3n) is 6.71. The first-order valence-electron chi connectivity index (χ1n) is 12.0. The summed E-state index contributed by atoms with van der Waals surface area (Å²) in [6.07, 6.45) is -0.686. The van der Waals surface area contributed by atoms with Crippen LogP contribution in [0, 0.1) is 17.7 Å². The van der Waals surface area contributed by atoms with Gasteiger partial charge in [0.15, 0.2) is 0 Å². The Hall–Kier alpha value is -2.73. The lowest BCUT2D eigenvalue weighted by molar-refractivity contribution is -0.141. The highest BCUT2D eigenvalue weighted by Gasteiger charge is 2.33. The number of rotatable bonds is 9. The van der Waals surface area contributed by atoms with Crippen LogP contribution in [0.2, 0.25) is 0 Å². The van der Waals surface area contributed by atoms with Gasteiger partial charge in [-0.2, -0.15) is 13.2 Å². The molecule has 12 heteroatoms. The molecule has 1 aliphatic carbocycles. The third kappa shape index (κ3) is 7.64. The van der Waals surface area contributed by atoms with Gasteiger partial charge in [-0.15, -0.1) is 0 Å². The molecule has 37 heavy (non-hydrogen) atoms. The normalized spacial score (nSPS) is 19.7. The monoisotopic (exact) mass is 545 g/mol. The van der Waals surface area contributed by atoms with E-state index in [0.717, 1.165) is 42.1 Å². The van der Waals surface area contributed by atoms with Gasteiger partial charge in [0.1, 0.15) is 11.5 Å². The molecule has 0 aliphatic heterocycles. The van der Waals surface area contributed by atoms with Crippen LogP contribution in [0.3, 0.4) is 0 Å². The van der Waals surface area contributed by atoms with Crippen molar-refractivity contribution in [2.75, 3.05) is 18.0 Å². The average Bonchev–Trinajstić information content (AvgIpc) is 2.85. The Balaban J connectivity index is 1.70.